The van der Waals surface area contributed by atoms with Gasteiger partial charge in [-0.2, -0.15) is 0 Å². The number of alkyl carbamates (subject to hydrolysis) is 1. The second-order valence-electron chi connectivity index (χ2n) is 6.82. The Bertz CT molecular complexity index is 710. The molecule has 0 saturated carbocycles. The maximum absolute atomic E-state index is 12.6. The lowest BCUT2D eigenvalue weighted by Crippen LogP contribution is -2.50. The molecule has 0 spiro atoms. The van der Waals surface area contributed by atoms with Gasteiger partial charge in [-0.05, 0) is 0 Å². The highest BCUT2D eigenvalue weighted by Crippen LogP contribution is 2.57. The van der Waals surface area contributed by atoms with Crippen LogP contribution in [0.4, 0.5) is 4.79 Å². The number of phosphoric ester groups is 1. The number of amides is 2. The summed E-state index contributed by atoms with van der Waals surface area (Å²) in [4.78, 5) is 46.2. The van der Waals surface area contributed by atoms with Crippen molar-refractivity contribution in [2.75, 3.05) is 33.7 Å². The maximum Gasteiger partial charge on any atom is 0.478 e. The number of hydrogen-bond donors (Lipinski definition) is 2. The molecule has 0 aromatic rings. The van der Waals surface area contributed by atoms with E-state index in [9.17, 15) is 23.7 Å². The summed E-state index contributed by atoms with van der Waals surface area (Å²) >= 11 is 0. The minimum absolute atomic E-state index is 0.000253. The lowest BCUT2D eigenvalue weighted by molar-refractivity contribution is -0.157. The van der Waals surface area contributed by atoms with E-state index in [0.717, 1.165) is 0 Å². The van der Waals surface area contributed by atoms with Crippen molar-refractivity contribution in [3.63, 3.8) is 0 Å². The number of phosphoric acid groups is 1. The van der Waals surface area contributed by atoms with Crippen LogP contribution in [0.5, 0.6) is 0 Å². The van der Waals surface area contributed by atoms with Crippen molar-refractivity contribution in [3.8, 4) is 0 Å². The van der Waals surface area contributed by atoms with Gasteiger partial charge in [0.25, 0.3) is 0 Å². The van der Waals surface area contributed by atoms with Crippen molar-refractivity contribution in [1.29, 1.82) is 0 Å². The van der Waals surface area contributed by atoms with Crippen LogP contribution in [0, 0.1) is 5.41 Å². The average molecular weight is 438 g/mol. The standard InChI is InChI=1S/C15H23N2O11P/c1-15(2)7-26-29(22,27-8-25-13(20)9-6-24-14(21)17-9)28-11(15)12(19)16-5-4-10(18)23-3/h9,11H,4-8H2,1-3H3,(H,16,19)(H,17,21)/t9-,11-,29?/m0/s1. The van der Waals surface area contributed by atoms with Crippen LogP contribution in [0.15, 0.2) is 0 Å². The minimum Gasteiger partial charge on any atom is -0.469 e. The zero-order chi connectivity index (χ0) is 21.7. The molecule has 2 fully saturated rings. The van der Waals surface area contributed by atoms with Crippen LogP contribution in [0.1, 0.15) is 20.3 Å². The third-order valence-electron chi connectivity index (χ3n) is 4.00. The van der Waals surface area contributed by atoms with Crippen molar-refractivity contribution in [2.24, 2.45) is 5.41 Å². The van der Waals surface area contributed by atoms with E-state index in [0.29, 0.717) is 0 Å². The molecule has 164 valence electrons. The number of hydrogen-bond acceptors (Lipinski definition) is 11. The first-order chi connectivity index (χ1) is 13.6. The molecular formula is C15H23N2O11P. The van der Waals surface area contributed by atoms with Crippen LogP contribution < -0.4 is 10.6 Å². The van der Waals surface area contributed by atoms with E-state index in [1.165, 1.54) is 7.11 Å². The van der Waals surface area contributed by atoms with E-state index in [2.05, 4.69) is 20.1 Å². The molecule has 29 heavy (non-hydrogen) atoms. The highest BCUT2D eigenvalue weighted by molar-refractivity contribution is 7.48. The summed E-state index contributed by atoms with van der Waals surface area (Å²) in [7, 11) is -2.98. The third kappa shape index (κ3) is 6.39. The van der Waals surface area contributed by atoms with Crippen LogP contribution in [0.25, 0.3) is 0 Å². The Morgan fingerprint density at radius 3 is 2.69 bits per heavy atom. The van der Waals surface area contributed by atoms with Gasteiger partial charge in [0.05, 0.1) is 20.1 Å². The Morgan fingerprint density at radius 2 is 2.07 bits per heavy atom. The van der Waals surface area contributed by atoms with Crippen molar-refractivity contribution in [1.82, 2.24) is 10.6 Å². The molecule has 0 aromatic carbocycles. The monoisotopic (exact) mass is 438 g/mol. The van der Waals surface area contributed by atoms with E-state index >= 15 is 0 Å². The van der Waals surface area contributed by atoms with Crippen LogP contribution in [-0.2, 0) is 46.7 Å². The molecule has 3 atom stereocenters. The van der Waals surface area contributed by atoms with Crippen molar-refractivity contribution in [3.05, 3.63) is 0 Å². The Hall–Kier alpha value is -2.21. The molecule has 0 bridgehead atoms. The largest absolute Gasteiger partial charge is 0.478 e. The Kier molecular flexibility index (Phi) is 7.58. The predicted molar refractivity (Wildman–Crippen MR) is 92.2 cm³/mol. The van der Waals surface area contributed by atoms with Gasteiger partial charge in [0.15, 0.2) is 12.1 Å². The van der Waals surface area contributed by atoms with Gasteiger partial charge in [-0.3, -0.25) is 18.6 Å². The molecular weight excluding hydrogens is 415 g/mol. The molecule has 2 aliphatic heterocycles. The molecule has 0 aromatic heterocycles. The molecule has 0 aliphatic carbocycles. The van der Waals surface area contributed by atoms with E-state index in [1.54, 1.807) is 13.8 Å². The Labute approximate surface area is 166 Å². The fraction of sp³-hybridized carbons (Fsp3) is 0.733. The zero-order valence-corrected chi connectivity index (χ0v) is 17.0. The number of esters is 2. The summed E-state index contributed by atoms with van der Waals surface area (Å²) in [6.45, 7) is 2.18. The first-order valence-corrected chi connectivity index (χ1v) is 10.0. The molecule has 14 heteroatoms. The number of rotatable bonds is 8. The van der Waals surface area contributed by atoms with Crippen LogP contribution >= 0.6 is 7.82 Å². The van der Waals surface area contributed by atoms with Gasteiger partial charge in [-0.15, -0.1) is 0 Å². The lowest BCUT2D eigenvalue weighted by atomic mass is 9.87. The molecule has 2 N–H and O–H groups in total. The SMILES string of the molecule is COC(=O)CCNC(=O)[C@@H]1OP(=O)(OCOC(=O)[C@@H]2COC(=O)N2)OCC1(C)C. The molecule has 2 saturated heterocycles. The molecule has 2 amide bonds. The summed E-state index contributed by atoms with van der Waals surface area (Å²) in [6.07, 6.45) is -2.02. The summed E-state index contributed by atoms with van der Waals surface area (Å²) < 4.78 is 41.7. The summed E-state index contributed by atoms with van der Waals surface area (Å²) in [5.41, 5.74) is -0.852. The molecule has 0 radical (unpaired) electrons. The van der Waals surface area contributed by atoms with Gasteiger partial charge in [0.2, 0.25) is 12.7 Å². The van der Waals surface area contributed by atoms with E-state index in [1.807, 2.05) is 0 Å². The lowest BCUT2D eigenvalue weighted by Gasteiger charge is -2.39. The van der Waals surface area contributed by atoms with Crippen LogP contribution in [-0.4, -0.2) is 69.7 Å². The number of nitrogens with one attached hydrogen (secondary N) is 2. The minimum atomic E-state index is -4.21. The first kappa shape index (κ1) is 23.1. The van der Waals surface area contributed by atoms with Gasteiger partial charge < -0.3 is 24.8 Å². The number of methoxy groups -OCH3 is 1. The van der Waals surface area contributed by atoms with Crippen molar-refractivity contribution in [2.45, 2.75) is 32.4 Å². The Morgan fingerprint density at radius 1 is 1.34 bits per heavy atom. The van der Waals surface area contributed by atoms with Gasteiger partial charge in [-0.1, -0.05) is 13.8 Å². The number of carbonyl (C=O) groups is 4. The average Bonchev–Trinajstić information content (AvgIpc) is 3.10. The number of cyclic esters (lactones) is 1. The highest BCUT2D eigenvalue weighted by atomic mass is 31.2. The maximum atomic E-state index is 12.6. The molecule has 2 rings (SSSR count). The number of ether oxygens (including phenoxy) is 3. The van der Waals surface area contributed by atoms with E-state index < -0.39 is 56.1 Å². The Balaban J connectivity index is 1.86. The molecule has 13 nitrogen and oxygen atoms in total. The van der Waals surface area contributed by atoms with E-state index in [-0.39, 0.29) is 26.2 Å². The zero-order valence-electron chi connectivity index (χ0n) is 16.1. The molecule has 2 aliphatic rings. The van der Waals surface area contributed by atoms with Gasteiger partial charge >= 0.3 is 25.9 Å². The second kappa shape index (κ2) is 9.53. The summed E-state index contributed by atoms with van der Waals surface area (Å²) in [6, 6.07) is -1.01. The smallest absolute Gasteiger partial charge is 0.469 e. The van der Waals surface area contributed by atoms with Crippen LogP contribution in [0.3, 0.4) is 0 Å². The van der Waals surface area contributed by atoms with Crippen molar-refractivity contribution < 1.29 is 51.5 Å². The molecule has 2 heterocycles. The van der Waals surface area contributed by atoms with Gasteiger partial charge in [0.1, 0.15) is 6.61 Å². The first-order valence-electron chi connectivity index (χ1n) is 8.58. The van der Waals surface area contributed by atoms with Gasteiger partial charge in [-0.25, -0.2) is 18.7 Å². The topological polar surface area (TPSA) is 165 Å². The fourth-order valence-corrected chi connectivity index (χ4v) is 3.85. The predicted octanol–water partition coefficient (Wildman–Crippen LogP) is -0.159. The fourth-order valence-electron chi connectivity index (χ4n) is 2.34. The van der Waals surface area contributed by atoms with Crippen molar-refractivity contribution >= 4 is 31.8 Å². The normalized spacial score (nSPS) is 28.0. The molecule has 1 unspecified atom stereocenters. The van der Waals surface area contributed by atoms with Crippen LogP contribution in [0.2, 0.25) is 0 Å². The third-order valence-corrected chi connectivity index (χ3v) is 5.34. The highest BCUT2D eigenvalue weighted by Gasteiger charge is 2.49. The second-order valence-corrected chi connectivity index (χ2v) is 8.44. The summed E-state index contributed by atoms with van der Waals surface area (Å²) in [5, 5.41) is 4.70. The quantitative estimate of drug-likeness (QED) is 0.224. The van der Waals surface area contributed by atoms with Gasteiger partial charge in [0, 0.05) is 12.0 Å². The summed E-state index contributed by atoms with van der Waals surface area (Å²) in [5.74, 6) is -1.98. The van der Waals surface area contributed by atoms with E-state index in [4.69, 9.17) is 18.3 Å². The number of carbonyl (C=O) groups excluding carboxylic acids is 4.